The first kappa shape index (κ1) is 21.8. The number of hydrogen-bond acceptors (Lipinski definition) is 6. The van der Waals surface area contributed by atoms with Gasteiger partial charge in [0.05, 0.1) is 0 Å². The molecule has 7 rings (SSSR count). The average Bonchev–Trinajstić information content (AvgIpc) is 3.15. The Morgan fingerprint density at radius 1 is 0.417 bits per heavy atom. The standard InChI is InChI=1S/C28H24N2O4P2/c1-29(2)35-31-21-13-5-9-17-19-11-7-15-23-27(19)28-20(12-8-16-24(28)34-36(33-23)30(3)4)18-10-6-14-22(32-35)26(18)25(17)21/h5-16H,1-4H3. The molecule has 0 fully saturated rings. The van der Waals surface area contributed by atoms with E-state index in [1.165, 1.54) is 0 Å². The van der Waals surface area contributed by atoms with Crippen molar-refractivity contribution in [3.05, 3.63) is 72.8 Å². The van der Waals surface area contributed by atoms with Crippen molar-refractivity contribution in [2.24, 2.45) is 0 Å². The quantitative estimate of drug-likeness (QED) is 0.229. The van der Waals surface area contributed by atoms with E-state index in [-0.39, 0.29) is 0 Å². The first-order chi connectivity index (χ1) is 17.5. The van der Waals surface area contributed by atoms with Crippen molar-refractivity contribution in [3.8, 4) is 0 Å². The van der Waals surface area contributed by atoms with Crippen LogP contribution < -0.4 is 9.34 Å². The summed E-state index contributed by atoms with van der Waals surface area (Å²) in [5.74, 6) is 0. The molecule has 180 valence electrons. The van der Waals surface area contributed by atoms with E-state index in [1.807, 2.05) is 61.8 Å². The van der Waals surface area contributed by atoms with Gasteiger partial charge < -0.3 is 16.8 Å². The molecular formula is C28H24N2O4P2. The molecule has 0 aliphatic rings. The first-order valence-corrected chi connectivity index (χ1v) is 14.0. The number of rotatable bonds is 2. The van der Waals surface area contributed by atoms with E-state index < -0.39 is 16.3 Å². The Bertz CT molecular complexity index is 1740. The van der Waals surface area contributed by atoms with Crippen LogP contribution in [0, 0.1) is 0 Å². The predicted octanol–water partition coefficient (Wildman–Crippen LogP) is 9.03. The zero-order chi connectivity index (χ0) is 24.6. The molecule has 0 bridgehead atoms. The van der Waals surface area contributed by atoms with E-state index in [1.54, 1.807) is 0 Å². The Hall–Kier alpha value is -3.40. The van der Waals surface area contributed by atoms with E-state index >= 15 is 0 Å². The summed E-state index contributed by atoms with van der Waals surface area (Å²) in [6, 6.07) is 25.0. The van der Waals surface area contributed by atoms with E-state index in [4.69, 9.17) is 16.8 Å². The molecule has 0 aliphatic heterocycles. The fourth-order valence-corrected chi connectivity index (χ4v) is 7.07. The molecular weight excluding hydrogens is 490 g/mol. The third-order valence-electron chi connectivity index (χ3n) is 6.54. The predicted molar refractivity (Wildman–Crippen MR) is 153 cm³/mol. The van der Waals surface area contributed by atoms with E-state index in [0.717, 1.165) is 65.4 Å². The van der Waals surface area contributed by atoms with Gasteiger partial charge in [0, 0.05) is 49.7 Å². The smallest absolute Gasteiger partial charge is 0.309 e. The van der Waals surface area contributed by atoms with Gasteiger partial charge >= 0.3 is 16.3 Å². The molecule has 5 aromatic carbocycles. The lowest BCUT2D eigenvalue weighted by molar-refractivity contribution is 0.634. The zero-order valence-corrected chi connectivity index (χ0v) is 22.1. The Morgan fingerprint density at radius 3 is 0.889 bits per heavy atom. The highest BCUT2D eigenvalue weighted by Crippen LogP contribution is 2.46. The summed E-state index contributed by atoms with van der Waals surface area (Å²) in [6.45, 7) is 0. The Kier molecular flexibility index (Phi) is 4.89. The van der Waals surface area contributed by atoms with Crippen LogP contribution in [-0.4, -0.2) is 28.2 Å². The average molecular weight is 514 g/mol. The van der Waals surface area contributed by atoms with Crippen LogP contribution in [0.25, 0.3) is 65.4 Å². The summed E-state index contributed by atoms with van der Waals surface area (Å²) in [4.78, 5) is 0. The van der Waals surface area contributed by atoms with Crippen molar-refractivity contribution in [2.45, 2.75) is 0 Å². The number of nitrogens with zero attached hydrogens (tertiary/aromatic N) is 2. The molecule has 2 heterocycles. The van der Waals surface area contributed by atoms with Gasteiger partial charge in [-0.3, -0.25) is 0 Å². The van der Waals surface area contributed by atoms with Gasteiger partial charge in [-0.25, -0.2) is 9.34 Å². The maximum absolute atomic E-state index is 6.52. The largest absolute Gasteiger partial charge is 0.408 e. The minimum Gasteiger partial charge on any atom is -0.408 e. The van der Waals surface area contributed by atoms with E-state index in [9.17, 15) is 0 Å². The molecule has 0 saturated heterocycles. The van der Waals surface area contributed by atoms with Crippen LogP contribution in [0.1, 0.15) is 0 Å². The maximum Gasteiger partial charge on any atom is 0.309 e. The second kappa shape index (κ2) is 8.06. The molecule has 0 saturated carbocycles. The maximum atomic E-state index is 6.52. The van der Waals surface area contributed by atoms with Crippen LogP contribution in [0.4, 0.5) is 0 Å². The summed E-state index contributed by atoms with van der Waals surface area (Å²) in [6.07, 6.45) is 0. The second-order valence-electron chi connectivity index (χ2n) is 9.25. The van der Waals surface area contributed by atoms with Crippen LogP contribution in [-0.2, 0) is 0 Å². The van der Waals surface area contributed by atoms with Crippen molar-refractivity contribution < 1.29 is 16.8 Å². The third-order valence-corrected chi connectivity index (χ3v) is 9.26. The summed E-state index contributed by atoms with van der Waals surface area (Å²) in [7, 11) is 5.29. The van der Waals surface area contributed by atoms with Gasteiger partial charge in [0.15, 0.2) is 0 Å². The van der Waals surface area contributed by atoms with Gasteiger partial charge in [-0.2, -0.15) is 0 Å². The Balaban J connectivity index is 1.95. The lowest BCUT2D eigenvalue weighted by Crippen LogP contribution is -2.02. The summed E-state index contributed by atoms with van der Waals surface area (Å²) in [5.41, 5.74) is 3.27. The van der Waals surface area contributed by atoms with E-state index in [2.05, 4.69) is 48.5 Å². The number of benzene rings is 4. The Labute approximate surface area is 208 Å². The second-order valence-corrected chi connectivity index (χ2v) is 12.5. The molecule has 0 N–H and O–H groups in total. The number of hydrogen-bond donors (Lipinski definition) is 0. The number of fused-ring (bicyclic) bond motifs is 2. The molecule has 0 radical (unpaired) electrons. The topological polar surface area (TPSA) is 59.0 Å². The minimum absolute atomic E-state index is 0.817. The highest BCUT2D eigenvalue weighted by molar-refractivity contribution is 7.39. The van der Waals surface area contributed by atoms with Crippen LogP contribution in [0.15, 0.2) is 89.6 Å². The van der Waals surface area contributed by atoms with Crippen LogP contribution in [0.2, 0.25) is 0 Å². The highest BCUT2D eigenvalue weighted by Gasteiger charge is 2.19. The van der Waals surface area contributed by atoms with Gasteiger partial charge in [-0.15, -0.1) is 0 Å². The van der Waals surface area contributed by atoms with Crippen LogP contribution in [0.5, 0.6) is 0 Å². The molecule has 36 heavy (non-hydrogen) atoms. The highest BCUT2D eigenvalue weighted by atomic mass is 31.1. The summed E-state index contributed by atoms with van der Waals surface area (Å²) >= 11 is 0. The minimum atomic E-state index is -1.32. The molecule has 8 heteroatoms. The molecule has 2 aromatic heterocycles. The van der Waals surface area contributed by atoms with E-state index in [0.29, 0.717) is 0 Å². The van der Waals surface area contributed by atoms with Crippen LogP contribution >= 0.6 is 16.3 Å². The Morgan fingerprint density at radius 2 is 0.667 bits per heavy atom. The first-order valence-electron chi connectivity index (χ1n) is 11.7. The summed E-state index contributed by atoms with van der Waals surface area (Å²) < 4.78 is 30.1. The molecule has 0 atom stereocenters. The lowest BCUT2D eigenvalue weighted by atomic mass is 9.93. The fourth-order valence-electron chi connectivity index (χ4n) is 5.06. The van der Waals surface area contributed by atoms with Gasteiger partial charge in [0.2, 0.25) is 0 Å². The fraction of sp³-hybridized carbons (Fsp3) is 0.143. The van der Waals surface area contributed by atoms with Crippen molar-refractivity contribution in [3.63, 3.8) is 0 Å². The van der Waals surface area contributed by atoms with Crippen LogP contribution in [0.3, 0.4) is 0 Å². The van der Waals surface area contributed by atoms with Gasteiger partial charge in [-0.1, -0.05) is 48.5 Å². The monoisotopic (exact) mass is 514 g/mol. The molecule has 0 unspecified atom stereocenters. The molecule has 0 aliphatic carbocycles. The lowest BCUT2D eigenvalue weighted by Gasteiger charge is -2.09. The van der Waals surface area contributed by atoms with Crippen molar-refractivity contribution in [2.75, 3.05) is 37.5 Å². The van der Waals surface area contributed by atoms with Gasteiger partial charge in [-0.05, 0) is 45.8 Å². The zero-order valence-electron chi connectivity index (χ0n) is 20.4. The SMILES string of the molecule is CN(C)p1oc2cccc3c4cccc5op(N(C)C)oc6cccc(c7cccc(o1)c7c23)c6c54. The van der Waals surface area contributed by atoms with Crippen molar-refractivity contribution in [1.82, 2.24) is 0 Å². The van der Waals surface area contributed by atoms with Gasteiger partial charge in [0.1, 0.15) is 22.3 Å². The molecule has 6 nitrogen and oxygen atoms in total. The van der Waals surface area contributed by atoms with Gasteiger partial charge in [0.25, 0.3) is 0 Å². The third kappa shape index (κ3) is 3.13. The molecule has 0 amide bonds. The van der Waals surface area contributed by atoms with Crippen molar-refractivity contribution >= 4 is 81.8 Å². The van der Waals surface area contributed by atoms with Crippen molar-refractivity contribution in [1.29, 1.82) is 0 Å². The molecule has 7 aromatic rings. The summed E-state index contributed by atoms with van der Waals surface area (Å²) in [5, 5.41) is 8.49. The normalized spacial score (nSPS) is 12.4. The molecule has 0 spiro atoms.